The van der Waals surface area contributed by atoms with Crippen molar-refractivity contribution in [3.05, 3.63) is 36.4 Å². The number of carbonyl (C=O) groups excluding carboxylic acids is 1. The van der Waals surface area contributed by atoms with Gasteiger partial charge in [-0.2, -0.15) is 5.10 Å². The van der Waals surface area contributed by atoms with E-state index in [9.17, 15) is 4.79 Å². The lowest BCUT2D eigenvalue weighted by atomic mass is 10.3. The number of rotatable bonds is 6. The van der Waals surface area contributed by atoms with Crippen molar-refractivity contribution in [3.63, 3.8) is 0 Å². The smallest absolute Gasteiger partial charge is 0.226 e. The first-order valence-corrected chi connectivity index (χ1v) is 6.21. The van der Waals surface area contributed by atoms with E-state index in [2.05, 4.69) is 15.2 Å². The summed E-state index contributed by atoms with van der Waals surface area (Å²) in [5.74, 6) is 1.29. The lowest BCUT2D eigenvalue weighted by Gasteiger charge is -2.15. The van der Waals surface area contributed by atoms with Gasteiger partial charge < -0.3 is 15.4 Å². The molecule has 2 rings (SSSR count). The first-order valence-electron chi connectivity index (χ1n) is 6.21. The molecule has 0 saturated heterocycles. The predicted octanol–water partition coefficient (Wildman–Crippen LogP) is 0.814. The molecule has 0 radical (unpaired) electrons. The van der Waals surface area contributed by atoms with E-state index < -0.39 is 0 Å². The van der Waals surface area contributed by atoms with E-state index >= 15 is 0 Å². The minimum Gasteiger partial charge on any atom is -0.493 e. The minimum absolute atomic E-state index is 0.0229. The van der Waals surface area contributed by atoms with Crippen LogP contribution in [0.5, 0.6) is 5.75 Å². The van der Waals surface area contributed by atoms with Gasteiger partial charge in [0.2, 0.25) is 5.91 Å². The maximum Gasteiger partial charge on any atom is 0.226 e. The summed E-state index contributed by atoms with van der Waals surface area (Å²) in [5, 5.41) is 6.44. The van der Waals surface area contributed by atoms with Crippen molar-refractivity contribution in [3.8, 4) is 5.75 Å². The molecular weight excluding hydrogens is 258 g/mol. The van der Waals surface area contributed by atoms with Crippen LogP contribution in [0.1, 0.15) is 12.2 Å². The molecule has 106 valence electrons. The first kappa shape index (κ1) is 13.9. The lowest BCUT2D eigenvalue weighted by molar-refractivity contribution is -0.131. The minimum atomic E-state index is -0.0229. The molecule has 0 unspecified atom stereocenters. The molecular formula is C13H17N5O2. The van der Waals surface area contributed by atoms with E-state index in [-0.39, 0.29) is 5.91 Å². The van der Waals surface area contributed by atoms with Gasteiger partial charge in [0.15, 0.2) is 0 Å². The average Bonchev–Trinajstić information content (AvgIpc) is 2.91. The number of nitrogens with one attached hydrogen (secondary N) is 1. The monoisotopic (exact) mass is 275 g/mol. The number of ether oxygens (including phenoxy) is 1. The third kappa shape index (κ3) is 3.98. The lowest BCUT2D eigenvalue weighted by Crippen LogP contribution is -2.28. The van der Waals surface area contributed by atoms with E-state index in [4.69, 9.17) is 10.5 Å². The largest absolute Gasteiger partial charge is 0.493 e. The number of benzene rings is 1. The van der Waals surface area contributed by atoms with Crippen LogP contribution in [0.25, 0.3) is 0 Å². The molecule has 0 fully saturated rings. The van der Waals surface area contributed by atoms with E-state index in [1.807, 2.05) is 6.07 Å². The van der Waals surface area contributed by atoms with Crippen LogP contribution in [0.15, 0.2) is 30.6 Å². The van der Waals surface area contributed by atoms with Gasteiger partial charge in [0.1, 0.15) is 17.9 Å². The van der Waals surface area contributed by atoms with Gasteiger partial charge in [-0.1, -0.05) is 6.07 Å². The van der Waals surface area contributed by atoms with Crippen molar-refractivity contribution in [1.82, 2.24) is 20.1 Å². The standard InChI is InChI=1S/C13H17N5O2/c1-18(8-12-15-9-16-17-12)13(19)5-6-20-11-4-2-3-10(14)7-11/h2-4,7,9H,5-6,8,14H2,1H3,(H,15,16,17). The molecule has 0 atom stereocenters. The van der Waals surface area contributed by atoms with Crippen LogP contribution >= 0.6 is 0 Å². The summed E-state index contributed by atoms with van der Waals surface area (Å²) >= 11 is 0. The highest BCUT2D eigenvalue weighted by Crippen LogP contribution is 2.14. The van der Waals surface area contributed by atoms with Gasteiger partial charge >= 0.3 is 0 Å². The molecule has 0 aliphatic rings. The highest BCUT2D eigenvalue weighted by molar-refractivity contribution is 5.75. The topological polar surface area (TPSA) is 97.1 Å². The Morgan fingerprint density at radius 2 is 2.35 bits per heavy atom. The highest BCUT2D eigenvalue weighted by Gasteiger charge is 2.10. The zero-order chi connectivity index (χ0) is 14.4. The van der Waals surface area contributed by atoms with E-state index in [0.717, 1.165) is 0 Å². The molecule has 7 nitrogen and oxygen atoms in total. The SMILES string of the molecule is CN(Cc1ncn[nH]1)C(=O)CCOc1cccc(N)c1. The molecule has 1 amide bonds. The first-order chi connectivity index (χ1) is 9.65. The van der Waals surface area contributed by atoms with Crippen molar-refractivity contribution in [2.24, 2.45) is 0 Å². The van der Waals surface area contributed by atoms with Crippen molar-refractivity contribution in [2.75, 3.05) is 19.4 Å². The number of carbonyl (C=O) groups is 1. The van der Waals surface area contributed by atoms with E-state index in [1.54, 1.807) is 30.1 Å². The summed E-state index contributed by atoms with van der Waals surface area (Å²) in [6, 6.07) is 7.12. The van der Waals surface area contributed by atoms with Gasteiger partial charge in [-0.25, -0.2) is 4.98 Å². The molecule has 3 N–H and O–H groups in total. The molecule has 0 aliphatic carbocycles. The summed E-state index contributed by atoms with van der Waals surface area (Å²) in [6.45, 7) is 0.708. The molecule has 1 aromatic heterocycles. The van der Waals surface area contributed by atoms with E-state index in [0.29, 0.717) is 36.8 Å². The molecule has 20 heavy (non-hydrogen) atoms. The maximum atomic E-state index is 11.9. The Morgan fingerprint density at radius 3 is 3.05 bits per heavy atom. The molecule has 0 bridgehead atoms. The number of hydrogen-bond donors (Lipinski definition) is 2. The number of amides is 1. The second-order valence-electron chi connectivity index (χ2n) is 4.35. The molecule has 2 aromatic rings. The number of nitrogens with zero attached hydrogens (tertiary/aromatic N) is 3. The van der Waals surface area contributed by atoms with Crippen molar-refractivity contribution >= 4 is 11.6 Å². The Kier molecular flexibility index (Phi) is 4.54. The third-order valence-corrected chi connectivity index (χ3v) is 2.72. The Bertz CT molecular complexity index is 556. The molecule has 0 saturated carbocycles. The van der Waals surface area contributed by atoms with Crippen molar-refractivity contribution in [1.29, 1.82) is 0 Å². The number of anilines is 1. The van der Waals surface area contributed by atoms with Crippen LogP contribution in [-0.4, -0.2) is 39.6 Å². The van der Waals surface area contributed by atoms with Gasteiger partial charge in [-0.05, 0) is 12.1 Å². The molecule has 1 aromatic carbocycles. The predicted molar refractivity (Wildman–Crippen MR) is 73.8 cm³/mol. The number of H-pyrrole nitrogens is 1. The van der Waals surface area contributed by atoms with Crippen molar-refractivity contribution < 1.29 is 9.53 Å². The normalized spacial score (nSPS) is 10.2. The van der Waals surface area contributed by atoms with E-state index in [1.165, 1.54) is 6.33 Å². The maximum absolute atomic E-state index is 11.9. The molecule has 0 spiro atoms. The van der Waals surface area contributed by atoms with Gasteiger partial charge in [0.05, 0.1) is 19.6 Å². The zero-order valence-electron chi connectivity index (χ0n) is 11.2. The number of aromatic nitrogens is 3. The highest BCUT2D eigenvalue weighted by atomic mass is 16.5. The molecule has 1 heterocycles. The molecule has 7 heteroatoms. The quantitative estimate of drug-likeness (QED) is 0.760. The number of nitrogens with two attached hydrogens (primary N) is 1. The summed E-state index contributed by atoms with van der Waals surface area (Å²) in [4.78, 5) is 17.4. The van der Waals surface area contributed by atoms with Gasteiger partial charge in [0, 0.05) is 18.8 Å². The van der Waals surface area contributed by atoms with Crippen LogP contribution in [0, 0.1) is 0 Å². The van der Waals surface area contributed by atoms with Crippen LogP contribution < -0.4 is 10.5 Å². The second-order valence-corrected chi connectivity index (χ2v) is 4.35. The summed E-state index contributed by atoms with van der Waals surface area (Å²) in [6.07, 6.45) is 1.70. The summed E-state index contributed by atoms with van der Waals surface area (Å²) in [5.41, 5.74) is 6.28. The van der Waals surface area contributed by atoms with Crippen LogP contribution in [0.4, 0.5) is 5.69 Å². The van der Waals surface area contributed by atoms with Crippen LogP contribution in [0.2, 0.25) is 0 Å². The fraction of sp³-hybridized carbons (Fsp3) is 0.308. The van der Waals surface area contributed by atoms with Crippen molar-refractivity contribution in [2.45, 2.75) is 13.0 Å². The third-order valence-electron chi connectivity index (χ3n) is 2.72. The Hall–Kier alpha value is -2.57. The zero-order valence-corrected chi connectivity index (χ0v) is 11.2. The fourth-order valence-electron chi connectivity index (χ4n) is 1.67. The second kappa shape index (κ2) is 6.55. The number of hydrogen-bond acceptors (Lipinski definition) is 5. The number of nitrogen functional groups attached to an aromatic ring is 1. The van der Waals surface area contributed by atoms with Crippen LogP contribution in [-0.2, 0) is 11.3 Å². The summed E-state index contributed by atoms with van der Waals surface area (Å²) < 4.78 is 5.48. The molecule has 0 aliphatic heterocycles. The van der Waals surface area contributed by atoms with Gasteiger partial charge in [-0.3, -0.25) is 9.89 Å². The van der Waals surface area contributed by atoms with Gasteiger partial charge in [-0.15, -0.1) is 0 Å². The Balaban J connectivity index is 1.74. The fourth-order valence-corrected chi connectivity index (χ4v) is 1.67. The number of aromatic amines is 1. The van der Waals surface area contributed by atoms with Crippen LogP contribution in [0.3, 0.4) is 0 Å². The average molecular weight is 275 g/mol. The van der Waals surface area contributed by atoms with Gasteiger partial charge in [0.25, 0.3) is 0 Å². The Morgan fingerprint density at radius 1 is 1.50 bits per heavy atom. The summed E-state index contributed by atoms with van der Waals surface area (Å²) in [7, 11) is 1.71. The Labute approximate surface area is 116 Å².